The van der Waals surface area contributed by atoms with Gasteiger partial charge in [0.05, 0.1) is 11.3 Å². The molecule has 3 N–H and O–H groups in total. The number of carbonyl (C=O) groups excluding carboxylic acids is 2. The van der Waals surface area contributed by atoms with E-state index in [0.29, 0.717) is 17.3 Å². The van der Waals surface area contributed by atoms with Crippen LogP contribution < -0.4 is 10.6 Å². The van der Waals surface area contributed by atoms with Crippen molar-refractivity contribution >= 4 is 40.7 Å². The fourth-order valence-electron chi connectivity index (χ4n) is 2.11. The van der Waals surface area contributed by atoms with E-state index in [1.807, 2.05) is 0 Å². The average Bonchev–Trinajstić information content (AvgIpc) is 3.25. The third-order valence-electron chi connectivity index (χ3n) is 3.38. The molecule has 0 fully saturated rings. The average molecular weight is 378 g/mol. The summed E-state index contributed by atoms with van der Waals surface area (Å²) in [4.78, 5) is 26.6. The minimum Gasteiger partial charge on any atom is -0.459 e. The Morgan fingerprint density at radius 3 is 2.44 bits per heavy atom. The second-order valence-electron chi connectivity index (χ2n) is 5.16. The lowest BCUT2D eigenvalue weighted by atomic mass is 10.2. The van der Waals surface area contributed by atoms with Gasteiger partial charge in [-0.1, -0.05) is 35.3 Å². The molecule has 0 atom stereocenters. The molecule has 1 aromatic carbocycles. The van der Waals surface area contributed by atoms with Crippen LogP contribution in [0.1, 0.15) is 26.6 Å². The van der Waals surface area contributed by atoms with Crippen LogP contribution in [0.3, 0.4) is 0 Å². The molecule has 3 aromatic rings. The smallest absolute Gasteiger partial charge is 0.291 e. The van der Waals surface area contributed by atoms with Crippen LogP contribution in [0.4, 0.5) is 5.69 Å². The third kappa shape index (κ3) is 4.23. The van der Waals surface area contributed by atoms with Crippen LogP contribution >= 0.6 is 23.2 Å². The first-order valence-electron chi connectivity index (χ1n) is 7.29. The minimum absolute atomic E-state index is 0.225. The molecule has 0 spiro atoms. The van der Waals surface area contributed by atoms with E-state index in [1.54, 1.807) is 36.4 Å². The molecule has 0 saturated heterocycles. The van der Waals surface area contributed by atoms with Crippen molar-refractivity contribution in [3.8, 4) is 0 Å². The summed E-state index contributed by atoms with van der Waals surface area (Å²) in [6, 6.07) is 11.8. The quantitative estimate of drug-likeness (QED) is 0.625. The van der Waals surface area contributed by atoms with Gasteiger partial charge < -0.3 is 20.0 Å². The van der Waals surface area contributed by atoms with E-state index in [9.17, 15) is 9.59 Å². The standard InChI is InChI=1S/C17H13Cl2N3O3/c18-12-8-13(22-15(12)19)16(23)20-9-10-3-5-11(6-4-10)21-17(24)14-2-1-7-25-14/h1-8,22H,9H2,(H,20,23)(H,21,24). The lowest BCUT2D eigenvalue weighted by Gasteiger charge is -2.06. The first-order valence-corrected chi connectivity index (χ1v) is 8.04. The van der Waals surface area contributed by atoms with Crippen LogP contribution in [0.5, 0.6) is 0 Å². The molecular formula is C17H13Cl2N3O3. The van der Waals surface area contributed by atoms with Crippen molar-refractivity contribution in [1.82, 2.24) is 10.3 Å². The lowest BCUT2D eigenvalue weighted by molar-refractivity contribution is 0.0945. The molecule has 3 rings (SSSR count). The van der Waals surface area contributed by atoms with E-state index >= 15 is 0 Å². The summed E-state index contributed by atoms with van der Waals surface area (Å²) in [7, 11) is 0. The second kappa shape index (κ2) is 7.46. The SMILES string of the molecule is O=C(NCc1ccc(NC(=O)c2ccco2)cc1)c1cc(Cl)c(Cl)[nH]1. The molecule has 25 heavy (non-hydrogen) atoms. The fraction of sp³-hybridized carbons (Fsp3) is 0.0588. The summed E-state index contributed by atoms with van der Waals surface area (Å²) < 4.78 is 5.03. The van der Waals surface area contributed by atoms with Gasteiger partial charge in [0.1, 0.15) is 10.8 Å². The number of carbonyl (C=O) groups is 2. The fourth-order valence-corrected chi connectivity index (χ4v) is 2.42. The van der Waals surface area contributed by atoms with E-state index in [2.05, 4.69) is 15.6 Å². The highest BCUT2D eigenvalue weighted by atomic mass is 35.5. The number of nitrogens with one attached hydrogen (secondary N) is 3. The number of amides is 2. The number of aromatic amines is 1. The van der Waals surface area contributed by atoms with Gasteiger partial charge in [-0.3, -0.25) is 9.59 Å². The molecule has 2 amide bonds. The zero-order valence-corrected chi connectivity index (χ0v) is 14.3. The molecule has 6 nitrogen and oxygen atoms in total. The molecule has 0 radical (unpaired) electrons. The van der Waals surface area contributed by atoms with Crippen molar-refractivity contribution in [2.75, 3.05) is 5.32 Å². The van der Waals surface area contributed by atoms with E-state index in [1.165, 1.54) is 12.3 Å². The molecular weight excluding hydrogens is 365 g/mol. The number of furan rings is 1. The van der Waals surface area contributed by atoms with Gasteiger partial charge in [0.15, 0.2) is 5.76 Å². The Hall–Kier alpha value is -2.70. The van der Waals surface area contributed by atoms with Crippen molar-refractivity contribution in [2.45, 2.75) is 6.54 Å². The predicted molar refractivity (Wildman–Crippen MR) is 95.1 cm³/mol. The lowest BCUT2D eigenvalue weighted by Crippen LogP contribution is -2.23. The van der Waals surface area contributed by atoms with Crippen molar-refractivity contribution in [1.29, 1.82) is 0 Å². The van der Waals surface area contributed by atoms with Gasteiger partial charge in [0, 0.05) is 12.2 Å². The van der Waals surface area contributed by atoms with E-state index in [0.717, 1.165) is 5.56 Å². The first-order chi connectivity index (χ1) is 12.0. The minimum atomic E-state index is -0.327. The maximum Gasteiger partial charge on any atom is 0.291 e. The zero-order valence-electron chi connectivity index (χ0n) is 12.8. The second-order valence-corrected chi connectivity index (χ2v) is 5.94. The van der Waals surface area contributed by atoms with Gasteiger partial charge in [-0.05, 0) is 35.9 Å². The molecule has 2 heterocycles. The number of rotatable bonds is 5. The highest BCUT2D eigenvalue weighted by Crippen LogP contribution is 2.21. The van der Waals surface area contributed by atoms with Crippen molar-refractivity contribution in [2.24, 2.45) is 0 Å². The van der Waals surface area contributed by atoms with Crippen LogP contribution in [0.15, 0.2) is 53.1 Å². The van der Waals surface area contributed by atoms with Gasteiger partial charge in [-0.2, -0.15) is 0 Å². The van der Waals surface area contributed by atoms with Gasteiger partial charge in [0.25, 0.3) is 11.8 Å². The van der Waals surface area contributed by atoms with Crippen molar-refractivity contribution < 1.29 is 14.0 Å². The Morgan fingerprint density at radius 1 is 1.08 bits per heavy atom. The molecule has 8 heteroatoms. The molecule has 0 unspecified atom stereocenters. The number of aromatic nitrogens is 1. The largest absolute Gasteiger partial charge is 0.459 e. The number of anilines is 1. The van der Waals surface area contributed by atoms with Crippen LogP contribution in [0, 0.1) is 0 Å². The predicted octanol–water partition coefficient (Wildman–Crippen LogP) is 4.10. The molecule has 0 bridgehead atoms. The maximum atomic E-state index is 12.0. The Labute approximate surface area is 153 Å². The van der Waals surface area contributed by atoms with Crippen LogP contribution in [0.2, 0.25) is 10.2 Å². The Kier molecular flexibility index (Phi) is 5.11. The Balaban J connectivity index is 1.55. The maximum absolute atomic E-state index is 12.0. The Morgan fingerprint density at radius 2 is 1.84 bits per heavy atom. The summed E-state index contributed by atoms with van der Waals surface area (Å²) in [6.07, 6.45) is 1.44. The highest BCUT2D eigenvalue weighted by Gasteiger charge is 2.11. The highest BCUT2D eigenvalue weighted by molar-refractivity contribution is 6.41. The third-order valence-corrected chi connectivity index (χ3v) is 4.07. The molecule has 0 saturated carbocycles. The number of hydrogen-bond donors (Lipinski definition) is 3. The summed E-state index contributed by atoms with van der Waals surface area (Å²) in [5, 5.41) is 5.99. The van der Waals surface area contributed by atoms with Crippen molar-refractivity contribution in [3.63, 3.8) is 0 Å². The van der Waals surface area contributed by atoms with Crippen LogP contribution in [-0.4, -0.2) is 16.8 Å². The van der Waals surface area contributed by atoms with Crippen molar-refractivity contribution in [3.05, 3.63) is 75.9 Å². The number of H-pyrrole nitrogens is 1. The topological polar surface area (TPSA) is 87.1 Å². The summed E-state index contributed by atoms with van der Waals surface area (Å²) in [5.41, 5.74) is 1.78. The number of benzene rings is 1. The van der Waals surface area contributed by atoms with E-state index in [4.69, 9.17) is 27.6 Å². The number of hydrogen-bond acceptors (Lipinski definition) is 3. The van der Waals surface area contributed by atoms with Crippen LogP contribution in [-0.2, 0) is 6.54 Å². The van der Waals surface area contributed by atoms with Gasteiger partial charge >= 0.3 is 0 Å². The molecule has 0 aliphatic carbocycles. The summed E-state index contributed by atoms with van der Waals surface area (Å²) in [5.74, 6) is -0.407. The summed E-state index contributed by atoms with van der Waals surface area (Å²) >= 11 is 11.6. The van der Waals surface area contributed by atoms with Gasteiger partial charge in [-0.25, -0.2) is 0 Å². The van der Waals surface area contributed by atoms with E-state index in [-0.39, 0.29) is 28.4 Å². The molecule has 128 valence electrons. The number of halogens is 2. The first kappa shape index (κ1) is 17.1. The summed E-state index contributed by atoms with van der Waals surface area (Å²) in [6.45, 7) is 0.319. The van der Waals surface area contributed by atoms with Gasteiger partial charge in [0.2, 0.25) is 0 Å². The zero-order chi connectivity index (χ0) is 17.8. The molecule has 0 aliphatic rings. The van der Waals surface area contributed by atoms with E-state index < -0.39 is 0 Å². The monoisotopic (exact) mass is 377 g/mol. The van der Waals surface area contributed by atoms with Gasteiger partial charge in [-0.15, -0.1) is 0 Å². The molecule has 2 aromatic heterocycles. The Bertz CT molecular complexity index is 867. The van der Waals surface area contributed by atoms with Crippen LogP contribution in [0.25, 0.3) is 0 Å². The molecule has 0 aliphatic heterocycles. The normalized spacial score (nSPS) is 10.5.